The normalized spacial score (nSPS) is 25.6. The number of aliphatic carboxylic acids is 1. The lowest BCUT2D eigenvalue weighted by atomic mass is 9.83. The van der Waals surface area contributed by atoms with E-state index in [1.807, 2.05) is 0 Å². The van der Waals surface area contributed by atoms with Gasteiger partial charge in [-0.15, -0.1) is 11.8 Å². The van der Waals surface area contributed by atoms with Crippen LogP contribution in [0.15, 0.2) is 15.6 Å². The molecule has 1 fully saturated rings. The van der Waals surface area contributed by atoms with Crippen LogP contribution in [0.4, 0.5) is 0 Å². The molecular formula is C12H19N3O5S. The zero-order valence-electron chi connectivity index (χ0n) is 11.5. The molecule has 9 heteroatoms. The molecule has 2 heterocycles. The minimum atomic E-state index is -1.10. The summed E-state index contributed by atoms with van der Waals surface area (Å²) in [5.74, 6) is -1.30. The molecule has 3 unspecified atom stereocenters. The fraction of sp³-hybridized carbons (Fsp3) is 0.583. The highest BCUT2D eigenvalue weighted by atomic mass is 32.2. The summed E-state index contributed by atoms with van der Waals surface area (Å²) in [6.45, 7) is 2.05. The molecule has 8 nitrogen and oxygen atoms in total. The molecule has 118 valence electrons. The summed E-state index contributed by atoms with van der Waals surface area (Å²) in [7, 11) is 0. The summed E-state index contributed by atoms with van der Waals surface area (Å²) in [5.41, 5.74) is 5.19. The molecule has 21 heavy (non-hydrogen) atoms. The fourth-order valence-electron chi connectivity index (χ4n) is 2.66. The largest absolute Gasteiger partial charge is 0.477 e. The van der Waals surface area contributed by atoms with Gasteiger partial charge in [0.1, 0.15) is 5.70 Å². The predicted octanol–water partition coefficient (Wildman–Crippen LogP) is -1.21. The standard InChI is InChI=1S/C12H17N3O4S.H2O/c1-6(16)9-7-4-8(20-3-2-14-5-13)10(12(18)19)15(7)11(9)17;/h5-7,9,16H,2-4H2,1H3,(H2,13,14)(H,18,19);1H2. The average molecular weight is 317 g/mol. The summed E-state index contributed by atoms with van der Waals surface area (Å²) < 4.78 is 0. The number of nitrogens with two attached hydrogens (primary N) is 1. The number of carbonyl (C=O) groups is 2. The van der Waals surface area contributed by atoms with Crippen LogP contribution in [0.5, 0.6) is 0 Å². The molecule has 0 radical (unpaired) electrons. The summed E-state index contributed by atoms with van der Waals surface area (Å²) >= 11 is 1.38. The van der Waals surface area contributed by atoms with Gasteiger partial charge in [-0.1, -0.05) is 0 Å². The first kappa shape index (κ1) is 17.5. The lowest BCUT2D eigenvalue weighted by molar-refractivity contribution is -0.161. The summed E-state index contributed by atoms with van der Waals surface area (Å²) in [6, 6.07) is -0.228. The topological polar surface area (TPSA) is 148 Å². The average Bonchev–Trinajstić information content (AvgIpc) is 2.69. The van der Waals surface area contributed by atoms with Crippen molar-refractivity contribution in [2.75, 3.05) is 12.3 Å². The molecule has 6 N–H and O–H groups in total. The lowest BCUT2D eigenvalue weighted by Gasteiger charge is -2.44. The van der Waals surface area contributed by atoms with Crippen molar-refractivity contribution in [1.82, 2.24) is 4.90 Å². The molecule has 0 saturated carbocycles. The van der Waals surface area contributed by atoms with Crippen LogP contribution in [0.3, 0.4) is 0 Å². The van der Waals surface area contributed by atoms with Crippen LogP contribution >= 0.6 is 11.8 Å². The molecule has 0 spiro atoms. The molecule has 2 aliphatic heterocycles. The van der Waals surface area contributed by atoms with E-state index in [0.717, 1.165) is 0 Å². The molecule has 0 bridgehead atoms. The van der Waals surface area contributed by atoms with Crippen molar-refractivity contribution in [3.05, 3.63) is 10.6 Å². The SMILES string of the molecule is CC(O)C1C(=O)N2C(C(=O)O)=C(SCCN=CN)CC12.O. The van der Waals surface area contributed by atoms with Crippen LogP contribution in [-0.2, 0) is 9.59 Å². The highest BCUT2D eigenvalue weighted by molar-refractivity contribution is 8.03. The van der Waals surface area contributed by atoms with E-state index in [9.17, 15) is 19.8 Å². The van der Waals surface area contributed by atoms with Gasteiger partial charge in [-0.05, 0) is 6.92 Å². The van der Waals surface area contributed by atoms with E-state index >= 15 is 0 Å². The first-order valence-electron chi connectivity index (χ1n) is 6.29. The van der Waals surface area contributed by atoms with Crippen molar-refractivity contribution in [1.29, 1.82) is 0 Å². The Bertz CT molecular complexity index is 491. The van der Waals surface area contributed by atoms with E-state index in [0.29, 0.717) is 23.6 Å². The number of aliphatic hydroxyl groups is 1. The number of amides is 1. The Morgan fingerprint density at radius 1 is 1.67 bits per heavy atom. The van der Waals surface area contributed by atoms with Gasteiger partial charge >= 0.3 is 5.97 Å². The Morgan fingerprint density at radius 2 is 2.33 bits per heavy atom. The molecule has 0 aromatic heterocycles. The molecule has 1 amide bonds. The molecule has 0 aromatic rings. The van der Waals surface area contributed by atoms with Gasteiger partial charge in [-0.25, -0.2) is 4.79 Å². The van der Waals surface area contributed by atoms with Crippen molar-refractivity contribution in [2.45, 2.75) is 25.5 Å². The Labute approximate surface area is 126 Å². The number of hydrogen-bond acceptors (Lipinski definition) is 5. The maximum absolute atomic E-state index is 11.9. The van der Waals surface area contributed by atoms with Crippen molar-refractivity contribution in [3.8, 4) is 0 Å². The van der Waals surface area contributed by atoms with Gasteiger partial charge < -0.3 is 26.3 Å². The number of nitrogens with zero attached hydrogens (tertiary/aromatic N) is 2. The Balaban J connectivity index is 0.00000220. The third-order valence-corrected chi connectivity index (χ3v) is 4.59. The second-order valence-corrected chi connectivity index (χ2v) is 5.92. The van der Waals surface area contributed by atoms with Crippen molar-refractivity contribution < 1.29 is 25.3 Å². The zero-order valence-corrected chi connectivity index (χ0v) is 12.3. The van der Waals surface area contributed by atoms with Crippen molar-refractivity contribution >= 4 is 30.0 Å². The minimum absolute atomic E-state index is 0. The Hall–Kier alpha value is -1.58. The van der Waals surface area contributed by atoms with E-state index < -0.39 is 18.0 Å². The van der Waals surface area contributed by atoms with Crippen LogP contribution < -0.4 is 5.73 Å². The van der Waals surface area contributed by atoms with Crippen LogP contribution in [0.1, 0.15) is 13.3 Å². The molecule has 2 aliphatic rings. The van der Waals surface area contributed by atoms with Gasteiger partial charge in [-0.2, -0.15) is 0 Å². The number of aliphatic imine (C=N–C) groups is 1. The van der Waals surface area contributed by atoms with Crippen LogP contribution in [0, 0.1) is 5.92 Å². The molecular weight excluding hydrogens is 298 g/mol. The van der Waals surface area contributed by atoms with Gasteiger partial charge in [0, 0.05) is 17.1 Å². The quantitative estimate of drug-likeness (QED) is 0.242. The second kappa shape index (κ2) is 6.92. The van der Waals surface area contributed by atoms with Gasteiger partial charge in [0.15, 0.2) is 0 Å². The predicted molar refractivity (Wildman–Crippen MR) is 78.7 cm³/mol. The summed E-state index contributed by atoms with van der Waals surface area (Å²) in [5, 5.41) is 18.9. The monoisotopic (exact) mass is 317 g/mol. The molecule has 0 aliphatic carbocycles. The maximum atomic E-state index is 11.9. The minimum Gasteiger partial charge on any atom is -0.477 e. The number of β-lactam (4-membered cyclic amide) rings is 1. The maximum Gasteiger partial charge on any atom is 0.353 e. The van der Waals surface area contributed by atoms with E-state index in [1.165, 1.54) is 23.0 Å². The van der Waals surface area contributed by atoms with E-state index in [4.69, 9.17) is 5.73 Å². The lowest BCUT2D eigenvalue weighted by Crippen LogP contribution is -2.61. The molecule has 3 atom stereocenters. The highest BCUT2D eigenvalue weighted by Crippen LogP contribution is 2.46. The number of hydrogen-bond donors (Lipinski definition) is 3. The van der Waals surface area contributed by atoms with Crippen LogP contribution in [0.2, 0.25) is 0 Å². The Kier molecular flexibility index (Phi) is 5.76. The number of thioether (sulfide) groups is 1. The number of carboxylic acids is 1. The van der Waals surface area contributed by atoms with Gasteiger partial charge in [-0.3, -0.25) is 9.79 Å². The van der Waals surface area contributed by atoms with Gasteiger partial charge in [0.05, 0.1) is 30.9 Å². The first-order valence-corrected chi connectivity index (χ1v) is 7.28. The van der Waals surface area contributed by atoms with E-state index in [1.54, 1.807) is 6.92 Å². The fourth-order valence-corrected chi connectivity index (χ4v) is 3.71. The highest BCUT2D eigenvalue weighted by Gasteiger charge is 2.56. The van der Waals surface area contributed by atoms with Gasteiger partial charge in [0.25, 0.3) is 0 Å². The molecule has 1 saturated heterocycles. The number of fused-ring (bicyclic) bond motifs is 1. The van der Waals surface area contributed by atoms with E-state index in [2.05, 4.69) is 4.99 Å². The second-order valence-electron chi connectivity index (χ2n) is 4.73. The number of carboxylic acid groups (broad SMARTS) is 1. The third kappa shape index (κ3) is 3.04. The Morgan fingerprint density at radius 3 is 2.86 bits per heavy atom. The third-order valence-electron chi connectivity index (χ3n) is 3.49. The number of rotatable bonds is 6. The summed E-state index contributed by atoms with van der Waals surface area (Å²) in [4.78, 5) is 29.1. The molecule has 0 aromatic carbocycles. The smallest absolute Gasteiger partial charge is 0.353 e. The first-order chi connectivity index (χ1) is 9.49. The van der Waals surface area contributed by atoms with Gasteiger partial charge in [0.2, 0.25) is 5.91 Å². The zero-order chi connectivity index (χ0) is 14.9. The van der Waals surface area contributed by atoms with Crippen molar-refractivity contribution in [2.24, 2.45) is 16.6 Å². The van der Waals surface area contributed by atoms with Crippen LogP contribution in [0.25, 0.3) is 0 Å². The van der Waals surface area contributed by atoms with E-state index in [-0.39, 0.29) is 23.1 Å². The summed E-state index contributed by atoms with van der Waals surface area (Å²) in [6.07, 6.45) is 0.937. The number of aliphatic hydroxyl groups excluding tert-OH is 1. The van der Waals surface area contributed by atoms with Crippen molar-refractivity contribution in [3.63, 3.8) is 0 Å². The molecule has 2 rings (SSSR count). The number of carbonyl (C=O) groups excluding carboxylic acids is 1. The van der Waals surface area contributed by atoms with Crippen LogP contribution in [-0.4, -0.2) is 63.2 Å².